The number of hydrogen-bond donors (Lipinski definition) is 0. The van der Waals surface area contributed by atoms with E-state index in [1.807, 2.05) is 29.7 Å². The first-order valence-corrected chi connectivity index (χ1v) is 6.93. The summed E-state index contributed by atoms with van der Waals surface area (Å²) in [5.41, 5.74) is 1.58. The Morgan fingerprint density at radius 1 is 1.37 bits per heavy atom. The van der Waals surface area contributed by atoms with Crippen molar-refractivity contribution in [2.45, 2.75) is 33.7 Å². The second-order valence-electron chi connectivity index (χ2n) is 4.49. The average molecular weight is 280 g/mol. The van der Waals surface area contributed by atoms with Crippen molar-refractivity contribution in [3.63, 3.8) is 0 Å². The quantitative estimate of drug-likeness (QED) is 0.764. The Morgan fingerprint density at radius 3 is 2.68 bits per heavy atom. The lowest BCUT2D eigenvalue weighted by atomic mass is 10.1. The Morgan fingerprint density at radius 2 is 2.11 bits per heavy atom. The lowest BCUT2D eigenvalue weighted by molar-refractivity contribution is 0.101. The van der Waals surface area contributed by atoms with Gasteiger partial charge in [-0.2, -0.15) is 0 Å². The highest BCUT2D eigenvalue weighted by Gasteiger charge is 2.18. The van der Waals surface area contributed by atoms with E-state index in [9.17, 15) is 4.79 Å². The van der Waals surface area contributed by atoms with Crippen LogP contribution in [0.15, 0.2) is 18.2 Å². The fourth-order valence-electron chi connectivity index (χ4n) is 2.34. The predicted octanol–water partition coefficient (Wildman–Crippen LogP) is 4.31. The van der Waals surface area contributed by atoms with Gasteiger partial charge in [0, 0.05) is 11.9 Å². The second-order valence-corrected chi connectivity index (χ2v) is 4.84. The van der Waals surface area contributed by atoms with Gasteiger partial charge in [0.2, 0.25) is 0 Å². The van der Waals surface area contributed by atoms with E-state index in [1.165, 1.54) is 0 Å². The molecule has 0 spiro atoms. The molecule has 0 unspecified atom stereocenters. The van der Waals surface area contributed by atoms with Crippen LogP contribution in [0.25, 0.3) is 10.9 Å². The highest BCUT2D eigenvalue weighted by Crippen LogP contribution is 2.33. The third-order valence-electron chi connectivity index (χ3n) is 3.08. The standard InChI is InChI=1S/C15H18ClNO2/c1-4-8-17-13-7-6-11(19-5-2)9-12(13)14(10(3)18)15(17)16/h6-7,9H,4-5,8H2,1-3H3. The monoisotopic (exact) mass is 279 g/mol. The minimum Gasteiger partial charge on any atom is -0.494 e. The molecule has 0 amide bonds. The number of ether oxygens (including phenoxy) is 1. The van der Waals surface area contributed by atoms with Crippen LogP contribution in [-0.4, -0.2) is 17.0 Å². The molecule has 0 saturated carbocycles. The van der Waals surface area contributed by atoms with E-state index < -0.39 is 0 Å². The molecule has 102 valence electrons. The van der Waals surface area contributed by atoms with E-state index in [-0.39, 0.29) is 5.78 Å². The maximum absolute atomic E-state index is 11.8. The van der Waals surface area contributed by atoms with Crippen LogP contribution in [0.2, 0.25) is 5.15 Å². The molecular weight excluding hydrogens is 262 g/mol. The van der Waals surface area contributed by atoms with Gasteiger partial charge in [-0.25, -0.2) is 0 Å². The Hall–Kier alpha value is -1.48. The molecule has 1 aromatic carbocycles. The highest BCUT2D eigenvalue weighted by molar-refractivity contribution is 6.35. The van der Waals surface area contributed by atoms with Gasteiger partial charge in [0.1, 0.15) is 10.9 Å². The summed E-state index contributed by atoms with van der Waals surface area (Å²) in [4.78, 5) is 11.8. The van der Waals surface area contributed by atoms with Crippen LogP contribution in [0.1, 0.15) is 37.6 Å². The molecule has 0 fully saturated rings. The molecule has 0 atom stereocenters. The summed E-state index contributed by atoms with van der Waals surface area (Å²) in [6, 6.07) is 5.78. The fourth-order valence-corrected chi connectivity index (χ4v) is 2.75. The number of nitrogens with zero attached hydrogens (tertiary/aromatic N) is 1. The number of aryl methyl sites for hydroxylation is 1. The Bertz CT molecular complexity index is 616. The molecule has 0 aliphatic carbocycles. The van der Waals surface area contributed by atoms with Gasteiger partial charge in [-0.15, -0.1) is 0 Å². The molecule has 3 nitrogen and oxygen atoms in total. The first kappa shape index (κ1) is 13.9. The average Bonchev–Trinajstić information content (AvgIpc) is 2.63. The van der Waals surface area contributed by atoms with Crippen LogP contribution in [0.4, 0.5) is 0 Å². The summed E-state index contributed by atoms with van der Waals surface area (Å²) in [7, 11) is 0. The molecular formula is C15H18ClNO2. The van der Waals surface area contributed by atoms with E-state index in [0.29, 0.717) is 17.3 Å². The van der Waals surface area contributed by atoms with Crippen molar-refractivity contribution in [1.29, 1.82) is 0 Å². The zero-order chi connectivity index (χ0) is 14.0. The van der Waals surface area contributed by atoms with Crippen molar-refractivity contribution in [2.24, 2.45) is 0 Å². The Balaban J connectivity index is 2.70. The van der Waals surface area contributed by atoms with Crippen molar-refractivity contribution in [2.75, 3.05) is 6.61 Å². The maximum Gasteiger partial charge on any atom is 0.163 e. The van der Waals surface area contributed by atoms with Gasteiger partial charge in [0.05, 0.1) is 17.7 Å². The highest BCUT2D eigenvalue weighted by atomic mass is 35.5. The summed E-state index contributed by atoms with van der Waals surface area (Å²) in [6.07, 6.45) is 0.966. The van der Waals surface area contributed by atoms with E-state index in [0.717, 1.165) is 29.6 Å². The van der Waals surface area contributed by atoms with Gasteiger partial charge < -0.3 is 9.30 Å². The fraction of sp³-hybridized carbons (Fsp3) is 0.400. The number of benzene rings is 1. The van der Waals surface area contributed by atoms with Gasteiger partial charge in [0.25, 0.3) is 0 Å². The van der Waals surface area contributed by atoms with Crippen LogP contribution in [0.3, 0.4) is 0 Å². The third kappa shape index (κ3) is 2.47. The summed E-state index contributed by atoms with van der Waals surface area (Å²) < 4.78 is 7.48. The summed E-state index contributed by atoms with van der Waals surface area (Å²) in [5.74, 6) is 0.751. The maximum atomic E-state index is 11.8. The second kappa shape index (κ2) is 5.66. The number of fused-ring (bicyclic) bond motifs is 1. The van der Waals surface area contributed by atoms with Crippen LogP contribution < -0.4 is 4.74 Å². The zero-order valence-corrected chi connectivity index (χ0v) is 12.3. The molecule has 1 aromatic heterocycles. The number of Topliss-reactive ketones (excluding diaryl/α,β-unsaturated/α-hetero) is 1. The Kier molecular flexibility index (Phi) is 4.15. The zero-order valence-electron chi connectivity index (χ0n) is 11.5. The topological polar surface area (TPSA) is 31.2 Å². The van der Waals surface area contributed by atoms with Crippen molar-refractivity contribution in [1.82, 2.24) is 4.57 Å². The first-order valence-electron chi connectivity index (χ1n) is 6.55. The molecule has 0 saturated heterocycles. The number of carbonyl (C=O) groups excluding carboxylic acids is 1. The van der Waals surface area contributed by atoms with Gasteiger partial charge in [-0.3, -0.25) is 4.79 Å². The lowest BCUT2D eigenvalue weighted by Crippen LogP contribution is -1.98. The summed E-state index contributed by atoms with van der Waals surface area (Å²) in [5, 5.41) is 1.40. The minimum absolute atomic E-state index is 0.0153. The summed E-state index contributed by atoms with van der Waals surface area (Å²) in [6.45, 7) is 6.97. The number of halogens is 1. The number of rotatable bonds is 5. The van der Waals surface area contributed by atoms with Crippen LogP contribution in [0, 0.1) is 0 Å². The molecule has 0 bridgehead atoms. The van der Waals surface area contributed by atoms with E-state index >= 15 is 0 Å². The van der Waals surface area contributed by atoms with Crippen LogP contribution in [0.5, 0.6) is 5.75 Å². The molecule has 1 heterocycles. The van der Waals surface area contributed by atoms with Crippen LogP contribution >= 0.6 is 11.6 Å². The molecule has 0 radical (unpaired) electrons. The molecule has 0 aliphatic heterocycles. The molecule has 0 N–H and O–H groups in total. The molecule has 19 heavy (non-hydrogen) atoms. The molecule has 0 aliphatic rings. The van der Waals surface area contributed by atoms with E-state index in [4.69, 9.17) is 16.3 Å². The lowest BCUT2D eigenvalue weighted by Gasteiger charge is -2.06. The van der Waals surface area contributed by atoms with Gasteiger partial charge in [-0.1, -0.05) is 18.5 Å². The van der Waals surface area contributed by atoms with Gasteiger partial charge in [-0.05, 0) is 38.5 Å². The van der Waals surface area contributed by atoms with Crippen molar-refractivity contribution < 1.29 is 9.53 Å². The molecule has 2 aromatic rings. The first-order chi connectivity index (χ1) is 9.10. The van der Waals surface area contributed by atoms with Crippen molar-refractivity contribution in [3.8, 4) is 5.75 Å². The Labute approximate surface area is 118 Å². The number of hydrogen-bond acceptors (Lipinski definition) is 2. The van der Waals surface area contributed by atoms with Crippen LogP contribution in [-0.2, 0) is 6.54 Å². The largest absolute Gasteiger partial charge is 0.494 e. The van der Waals surface area contributed by atoms with Crippen molar-refractivity contribution in [3.05, 3.63) is 28.9 Å². The predicted molar refractivity (Wildman–Crippen MR) is 78.4 cm³/mol. The van der Waals surface area contributed by atoms with Crippen molar-refractivity contribution >= 4 is 28.3 Å². The SMILES string of the molecule is CCCn1c(Cl)c(C(C)=O)c2cc(OCC)ccc21. The van der Waals surface area contributed by atoms with Gasteiger partial charge in [0.15, 0.2) is 5.78 Å². The number of ketones is 1. The van der Waals surface area contributed by atoms with Gasteiger partial charge >= 0.3 is 0 Å². The summed E-state index contributed by atoms with van der Waals surface area (Å²) >= 11 is 6.36. The van der Waals surface area contributed by atoms with E-state index in [1.54, 1.807) is 6.92 Å². The number of carbonyl (C=O) groups is 1. The van der Waals surface area contributed by atoms with E-state index in [2.05, 4.69) is 6.92 Å². The minimum atomic E-state index is -0.0153. The molecule has 4 heteroatoms. The smallest absolute Gasteiger partial charge is 0.163 e. The number of aromatic nitrogens is 1. The third-order valence-corrected chi connectivity index (χ3v) is 3.47. The molecule has 2 rings (SSSR count). The normalized spacial score (nSPS) is 10.9.